The zero-order valence-corrected chi connectivity index (χ0v) is 9.80. The Bertz CT molecular complexity index is 485. The van der Waals surface area contributed by atoms with Crippen LogP contribution in [0.15, 0.2) is 47.3 Å². The minimum absolute atomic E-state index is 0.0752. The predicted octanol–water partition coefficient (Wildman–Crippen LogP) is 3.60. The number of nitrogens with two attached hydrogens (primary N) is 1. The van der Waals surface area contributed by atoms with Gasteiger partial charge in [-0.25, -0.2) is 0 Å². The van der Waals surface area contributed by atoms with Crippen molar-refractivity contribution in [2.75, 3.05) is 0 Å². The molecule has 2 N–H and O–H groups in total. The van der Waals surface area contributed by atoms with Crippen molar-refractivity contribution in [1.29, 1.82) is 0 Å². The van der Waals surface area contributed by atoms with E-state index in [-0.39, 0.29) is 6.04 Å². The molecule has 1 heterocycles. The summed E-state index contributed by atoms with van der Waals surface area (Å²) in [5, 5.41) is 0. The van der Waals surface area contributed by atoms with Gasteiger partial charge in [-0.05, 0) is 36.0 Å². The number of hydrogen-bond acceptors (Lipinski definition) is 2. The summed E-state index contributed by atoms with van der Waals surface area (Å²) >= 11 is 0. The van der Waals surface area contributed by atoms with Crippen molar-refractivity contribution >= 4 is 0 Å². The van der Waals surface area contributed by atoms with E-state index in [9.17, 15) is 0 Å². The fourth-order valence-corrected chi connectivity index (χ4v) is 2.39. The lowest BCUT2D eigenvalue weighted by Crippen LogP contribution is -2.13. The Kier molecular flexibility index (Phi) is 2.73. The van der Waals surface area contributed by atoms with Crippen LogP contribution < -0.4 is 5.73 Å². The third-order valence-electron chi connectivity index (χ3n) is 3.75. The maximum absolute atomic E-state index is 6.23. The monoisotopic (exact) mass is 227 g/mol. The van der Waals surface area contributed by atoms with Crippen molar-refractivity contribution in [2.24, 2.45) is 5.73 Å². The predicted molar refractivity (Wildman–Crippen MR) is 67.8 cm³/mol. The zero-order chi connectivity index (χ0) is 11.7. The molecule has 0 spiro atoms. The Morgan fingerprint density at radius 3 is 2.71 bits per heavy atom. The summed E-state index contributed by atoms with van der Waals surface area (Å²) in [5.41, 5.74) is 9.88. The standard InChI is InChI=1S/C15H17NO/c16-15(14-7-8-17-10-14)13-6-2-5-12(9-13)11-3-1-4-11/h2,5-11,15H,1,3-4,16H2. The number of benzene rings is 1. The highest BCUT2D eigenvalue weighted by molar-refractivity contribution is 5.34. The zero-order valence-electron chi connectivity index (χ0n) is 9.80. The molecule has 1 aromatic carbocycles. The molecule has 1 fully saturated rings. The van der Waals surface area contributed by atoms with E-state index < -0.39 is 0 Å². The van der Waals surface area contributed by atoms with Crippen molar-refractivity contribution in [3.8, 4) is 0 Å². The highest BCUT2D eigenvalue weighted by Gasteiger charge is 2.20. The molecule has 17 heavy (non-hydrogen) atoms. The maximum Gasteiger partial charge on any atom is 0.0953 e. The molecular formula is C15H17NO. The highest BCUT2D eigenvalue weighted by atomic mass is 16.3. The van der Waals surface area contributed by atoms with Gasteiger partial charge < -0.3 is 10.2 Å². The lowest BCUT2D eigenvalue weighted by Gasteiger charge is -2.26. The minimum atomic E-state index is -0.0752. The van der Waals surface area contributed by atoms with Crippen LogP contribution >= 0.6 is 0 Å². The first kappa shape index (κ1) is 10.6. The molecule has 0 bridgehead atoms. The van der Waals surface area contributed by atoms with Gasteiger partial charge in [0, 0.05) is 5.56 Å². The van der Waals surface area contributed by atoms with E-state index in [1.54, 1.807) is 12.5 Å². The van der Waals surface area contributed by atoms with Crippen molar-refractivity contribution in [3.63, 3.8) is 0 Å². The summed E-state index contributed by atoms with van der Waals surface area (Å²) in [4.78, 5) is 0. The fraction of sp³-hybridized carbons (Fsp3) is 0.333. The van der Waals surface area contributed by atoms with Gasteiger partial charge in [-0.15, -0.1) is 0 Å². The largest absolute Gasteiger partial charge is 0.472 e. The molecule has 1 aliphatic rings. The molecule has 1 atom stereocenters. The van der Waals surface area contributed by atoms with Crippen molar-refractivity contribution in [2.45, 2.75) is 31.2 Å². The first-order valence-electron chi connectivity index (χ1n) is 6.22. The van der Waals surface area contributed by atoms with Crippen LogP contribution in [-0.2, 0) is 0 Å². The number of rotatable bonds is 3. The van der Waals surface area contributed by atoms with Gasteiger partial charge >= 0.3 is 0 Å². The van der Waals surface area contributed by atoms with Gasteiger partial charge in [0.05, 0.1) is 18.6 Å². The Labute approximate surface area is 101 Å². The van der Waals surface area contributed by atoms with Crippen LogP contribution in [0.3, 0.4) is 0 Å². The van der Waals surface area contributed by atoms with Gasteiger partial charge in [0.15, 0.2) is 0 Å². The van der Waals surface area contributed by atoms with E-state index in [0.29, 0.717) is 0 Å². The first-order valence-corrected chi connectivity index (χ1v) is 6.22. The summed E-state index contributed by atoms with van der Waals surface area (Å²) in [6.45, 7) is 0. The maximum atomic E-state index is 6.23. The molecule has 1 saturated carbocycles. The van der Waals surface area contributed by atoms with Gasteiger partial charge in [0.2, 0.25) is 0 Å². The third-order valence-corrected chi connectivity index (χ3v) is 3.75. The van der Waals surface area contributed by atoms with Crippen LogP contribution in [0.1, 0.15) is 47.9 Å². The molecule has 88 valence electrons. The van der Waals surface area contributed by atoms with Crippen LogP contribution in [0.4, 0.5) is 0 Å². The number of furan rings is 1. The van der Waals surface area contributed by atoms with E-state index in [2.05, 4.69) is 24.3 Å². The fourth-order valence-electron chi connectivity index (χ4n) is 2.39. The summed E-state index contributed by atoms with van der Waals surface area (Å²) in [6.07, 6.45) is 7.41. The second-order valence-electron chi connectivity index (χ2n) is 4.83. The normalized spacial score (nSPS) is 17.7. The summed E-state index contributed by atoms with van der Waals surface area (Å²) in [6, 6.07) is 10.5. The van der Waals surface area contributed by atoms with Gasteiger partial charge in [-0.2, -0.15) is 0 Å². The first-order chi connectivity index (χ1) is 8.34. The van der Waals surface area contributed by atoms with Crippen molar-refractivity contribution in [1.82, 2.24) is 0 Å². The lowest BCUT2D eigenvalue weighted by molar-refractivity contribution is 0.419. The Morgan fingerprint density at radius 2 is 2.06 bits per heavy atom. The van der Waals surface area contributed by atoms with E-state index in [0.717, 1.165) is 11.5 Å². The van der Waals surface area contributed by atoms with Crippen LogP contribution in [-0.4, -0.2) is 0 Å². The molecule has 2 heteroatoms. The molecule has 3 rings (SSSR count). The van der Waals surface area contributed by atoms with Gasteiger partial charge in [-0.1, -0.05) is 30.7 Å². The Hall–Kier alpha value is -1.54. The Morgan fingerprint density at radius 1 is 1.18 bits per heavy atom. The van der Waals surface area contributed by atoms with Crippen LogP contribution in [0, 0.1) is 0 Å². The summed E-state index contributed by atoms with van der Waals surface area (Å²) in [5.74, 6) is 0.756. The van der Waals surface area contributed by atoms with Crippen LogP contribution in [0.5, 0.6) is 0 Å². The average molecular weight is 227 g/mol. The minimum Gasteiger partial charge on any atom is -0.472 e. The summed E-state index contributed by atoms with van der Waals surface area (Å²) < 4.78 is 5.09. The van der Waals surface area contributed by atoms with Gasteiger partial charge in [0.25, 0.3) is 0 Å². The molecule has 1 aromatic heterocycles. The summed E-state index contributed by atoms with van der Waals surface area (Å²) in [7, 11) is 0. The molecule has 0 aliphatic heterocycles. The van der Waals surface area contributed by atoms with E-state index in [1.165, 1.54) is 30.4 Å². The Balaban J connectivity index is 1.87. The molecule has 0 saturated heterocycles. The SMILES string of the molecule is NC(c1ccoc1)c1cccc(C2CCC2)c1. The molecule has 0 amide bonds. The van der Waals surface area contributed by atoms with E-state index >= 15 is 0 Å². The molecular weight excluding hydrogens is 210 g/mol. The lowest BCUT2D eigenvalue weighted by atomic mass is 9.79. The van der Waals surface area contributed by atoms with Crippen molar-refractivity contribution < 1.29 is 4.42 Å². The highest BCUT2D eigenvalue weighted by Crippen LogP contribution is 2.37. The molecule has 1 aliphatic carbocycles. The van der Waals surface area contributed by atoms with E-state index in [1.807, 2.05) is 6.07 Å². The number of hydrogen-bond donors (Lipinski definition) is 1. The van der Waals surface area contributed by atoms with Gasteiger partial charge in [-0.3, -0.25) is 0 Å². The third kappa shape index (κ3) is 2.01. The molecule has 2 aromatic rings. The molecule has 0 radical (unpaired) electrons. The molecule has 2 nitrogen and oxygen atoms in total. The molecule has 1 unspecified atom stereocenters. The smallest absolute Gasteiger partial charge is 0.0953 e. The van der Waals surface area contributed by atoms with Gasteiger partial charge in [0.1, 0.15) is 0 Å². The topological polar surface area (TPSA) is 39.2 Å². The van der Waals surface area contributed by atoms with Crippen LogP contribution in [0.25, 0.3) is 0 Å². The van der Waals surface area contributed by atoms with Crippen LogP contribution in [0.2, 0.25) is 0 Å². The second-order valence-corrected chi connectivity index (χ2v) is 4.83. The van der Waals surface area contributed by atoms with Crippen molar-refractivity contribution in [3.05, 3.63) is 59.5 Å². The average Bonchev–Trinajstić information content (AvgIpc) is 2.79. The quantitative estimate of drug-likeness (QED) is 0.870. The van der Waals surface area contributed by atoms with E-state index in [4.69, 9.17) is 10.2 Å². The second kappa shape index (κ2) is 4.38.